The first-order valence-electron chi connectivity index (χ1n) is 9.48. The summed E-state index contributed by atoms with van der Waals surface area (Å²) < 4.78 is 0. The summed E-state index contributed by atoms with van der Waals surface area (Å²) in [6, 6.07) is 5.79. The van der Waals surface area contributed by atoms with Gasteiger partial charge in [-0.15, -0.1) is 11.3 Å². The normalized spacial score (nSPS) is 16.6. The maximum absolute atomic E-state index is 13.1. The molecule has 0 radical (unpaired) electrons. The summed E-state index contributed by atoms with van der Waals surface area (Å²) in [7, 11) is 0. The molecule has 1 aliphatic rings. The number of hydrogen-bond acceptors (Lipinski definition) is 7. The molecule has 4 rings (SSSR count). The summed E-state index contributed by atoms with van der Waals surface area (Å²) in [4.78, 5) is 29.4. The van der Waals surface area contributed by atoms with Gasteiger partial charge in [-0.2, -0.15) is 0 Å². The average Bonchev–Trinajstić information content (AvgIpc) is 3.33. The number of thiophene rings is 1. The molecule has 1 aliphatic heterocycles. The van der Waals surface area contributed by atoms with Gasteiger partial charge in [-0.3, -0.25) is 9.78 Å². The number of likely N-dealkylation sites (tertiary alicyclic amines) is 1. The number of aliphatic hydroxyl groups is 1. The van der Waals surface area contributed by atoms with Crippen molar-refractivity contribution in [3.05, 3.63) is 46.9 Å². The summed E-state index contributed by atoms with van der Waals surface area (Å²) >= 11 is 1.40. The molecule has 0 saturated carbocycles. The van der Waals surface area contributed by atoms with Crippen molar-refractivity contribution in [2.24, 2.45) is 0 Å². The number of carbonyl (C=O) groups excluding carboxylic acids is 1. The molecule has 3 aromatic heterocycles. The van der Waals surface area contributed by atoms with Crippen LogP contribution >= 0.6 is 11.3 Å². The number of fused-ring (bicyclic) bond motifs is 1. The Hall–Kier alpha value is -2.58. The van der Waals surface area contributed by atoms with Gasteiger partial charge >= 0.3 is 0 Å². The first kappa shape index (κ1) is 18.8. The third kappa shape index (κ3) is 3.57. The zero-order chi connectivity index (χ0) is 19.5. The molecule has 0 unspecified atom stereocenters. The van der Waals surface area contributed by atoms with E-state index in [1.165, 1.54) is 17.7 Å². The Kier molecular flexibility index (Phi) is 5.50. The highest BCUT2D eigenvalue weighted by Crippen LogP contribution is 2.35. The molecule has 0 aliphatic carbocycles. The van der Waals surface area contributed by atoms with E-state index in [1.54, 1.807) is 11.1 Å². The first-order chi connectivity index (χ1) is 13.7. The van der Waals surface area contributed by atoms with Crippen molar-refractivity contribution in [2.75, 3.05) is 25.0 Å². The van der Waals surface area contributed by atoms with Gasteiger partial charge in [-0.25, -0.2) is 9.97 Å². The second-order valence-electron chi connectivity index (χ2n) is 6.93. The minimum Gasteiger partial charge on any atom is -0.394 e. The summed E-state index contributed by atoms with van der Waals surface area (Å²) in [6.07, 6.45) is 5.89. The quantitative estimate of drug-likeness (QED) is 0.664. The van der Waals surface area contributed by atoms with Crippen molar-refractivity contribution in [3.8, 4) is 0 Å². The van der Waals surface area contributed by atoms with E-state index >= 15 is 0 Å². The maximum Gasteiger partial charge on any atom is 0.264 e. The molecule has 3 aromatic rings. The van der Waals surface area contributed by atoms with Crippen molar-refractivity contribution in [1.82, 2.24) is 19.9 Å². The Morgan fingerprint density at radius 2 is 2.25 bits per heavy atom. The number of hydrogen-bond donors (Lipinski definition) is 2. The number of pyridine rings is 1. The molecule has 8 heteroatoms. The van der Waals surface area contributed by atoms with E-state index in [1.807, 2.05) is 25.1 Å². The number of aliphatic hydroxyl groups excluding tert-OH is 1. The fraction of sp³-hybridized carbons (Fsp3) is 0.400. The first-order valence-corrected chi connectivity index (χ1v) is 10.3. The molecule has 146 valence electrons. The van der Waals surface area contributed by atoms with Crippen molar-refractivity contribution >= 4 is 33.3 Å². The SMILES string of the molecule is Cc1c(C(=O)N2CCC[C@H]2CO)sc2ncnc(NCCc3ccccn3)c12. The molecular formula is C20H23N5O2S. The van der Waals surface area contributed by atoms with Crippen LogP contribution in [0.15, 0.2) is 30.7 Å². The number of aryl methyl sites for hydroxylation is 1. The van der Waals surface area contributed by atoms with Crippen LogP contribution in [0.4, 0.5) is 5.82 Å². The van der Waals surface area contributed by atoms with Crippen LogP contribution in [0.25, 0.3) is 10.2 Å². The van der Waals surface area contributed by atoms with Crippen molar-refractivity contribution in [1.29, 1.82) is 0 Å². The molecule has 0 bridgehead atoms. The van der Waals surface area contributed by atoms with Gasteiger partial charge in [0.1, 0.15) is 17.0 Å². The number of nitrogens with one attached hydrogen (secondary N) is 1. The molecule has 1 fully saturated rings. The van der Waals surface area contributed by atoms with E-state index in [0.717, 1.165) is 46.6 Å². The van der Waals surface area contributed by atoms with Crippen LogP contribution in [0.3, 0.4) is 0 Å². The second kappa shape index (κ2) is 8.20. The molecule has 1 atom stereocenters. The molecule has 0 spiro atoms. The monoisotopic (exact) mass is 397 g/mol. The molecule has 28 heavy (non-hydrogen) atoms. The van der Waals surface area contributed by atoms with Crippen LogP contribution in [0, 0.1) is 6.92 Å². The van der Waals surface area contributed by atoms with Crippen molar-refractivity contribution < 1.29 is 9.90 Å². The lowest BCUT2D eigenvalue weighted by Crippen LogP contribution is -2.37. The van der Waals surface area contributed by atoms with Gasteiger partial charge in [0.15, 0.2) is 0 Å². The summed E-state index contributed by atoms with van der Waals surface area (Å²) in [6.45, 7) is 3.35. The minimum absolute atomic E-state index is 0.00974. The number of aromatic nitrogens is 3. The van der Waals surface area contributed by atoms with E-state index in [0.29, 0.717) is 18.0 Å². The topological polar surface area (TPSA) is 91.2 Å². The predicted molar refractivity (Wildman–Crippen MR) is 110 cm³/mol. The highest BCUT2D eigenvalue weighted by Gasteiger charge is 2.31. The van der Waals surface area contributed by atoms with Crippen LogP contribution in [0.2, 0.25) is 0 Å². The smallest absolute Gasteiger partial charge is 0.264 e. The fourth-order valence-electron chi connectivity index (χ4n) is 3.69. The van der Waals surface area contributed by atoms with Gasteiger partial charge in [0, 0.05) is 31.4 Å². The number of nitrogens with zero attached hydrogens (tertiary/aromatic N) is 4. The highest BCUT2D eigenvalue weighted by molar-refractivity contribution is 7.20. The molecule has 7 nitrogen and oxygen atoms in total. The molecule has 4 heterocycles. The largest absolute Gasteiger partial charge is 0.394 e. The van der Waals surface area contributed by atoms with E-state index in [-0.39, 0.29) is 18.6 Å². The Balaban J connectivity index is 1.57. The van der Waals surface area contributed by atoms with Gasteiger partial charge in [-0.05, 0) is 37.5 Å². The molecule has 1 saturated heterocycles. The van der Waals surface area contributed by atoms with Gasteiger partial charge in [0.05, 0.1) is 22.9 Å². The lowest BCUT2D eigenvalue weighted by molar-refractivity contribution is 0.0682. The van der Waals surface area contributed by atoms with Crippen LogP contribution in [0.1, 0.15) is 33.8 Å². The number of rotatable bonds is 6. The second-order valence-corrected chi connectivity index (χ2v) is 7.93. The zero-order valence-corrected chi connectivity index (χ0v) is 16.6. The number of anilines is 1. The minimum atomic E-state index is -0.0841. The zero-order valence-electron chi connectivity index (χ0n) is 15.8. The van der Waals surface area contributed by atoms with Gasteiger partial charge in [-0.1, -0.05) is 6.07 Å². The third-order valence-corrected chi connectivity index (χ3v) is 6.36. The molecule has 2 N–H and O–H groups in total. The van der Waals surface area contributed by atoms with Gasteiger partial charge in [0.2, 0.25) is 0 Å². The third-order valence-electron chi connectivity index (χ3n) is 5.17. The van der Waals surface area contributed by atoms with Crippen molar-refractivity contribution in [3.63, 3.8) is 0 Å². The summed E-state index contributed by atoms with van der Waals surface area (Å²) in [5, 5.41) is 13.8. The van der Waals surface area contributed by atoms with Crippen LogP contribution < -0.4 is 5.32 Å². The van der Waals surface area contributed by atoms with E-state index < -0.39 is 0 Å². The summed E-state index contributed by atoms with van der Waals surface area (Å²) in [5.74, 6) is 0.727. The Bertz CT molecular complexity index is 975. The van der Waals surface area contributed by atoms with Gasteiger partial charge in [0.25, 0.3) is 5.91 Å². The lowest BCUT2D eigenvalue weighted by atomic mass is 10.1. The molecular weight excluding hydrogens is 374 g/mol. The maximum atomic E-state index is 13.1. The average molecular weight is 398 g/mol. The standard InChI is InChI=1S/C20H23N5O2S/c1-13-16-18(22-9-7-14-5-2-3-8-21-14)23-12-24-19(16)28-17(13)20(27)25-10-4-6-15(25)11-26/h2-3,5,8,12,15,26H,4,6-7,9-11H2,1H3,(H,22,23,24)/t15-/m0/s1. The molecule has 1 amide bonds. The number of amides is 1. The molecule has 0 aromatic carbocycles. The fourth-order valence-corrected chi connectivity index (χ4v) is 4.79. The Labute approximate surface area is 167 Å². The Morgan fingerprint density at radius 1 is 1.36 bits per heavy atom. The van der Waals surface area contributed by atoms with E-state index in [9.17, 15) is 9.90 Å². The van der Waals surface area contributed by atoms with Gasteiger partial charge < -0.3 is 15.3 Å². The summed E-state index contributed by atoms with van der Waals surface area (Å²) in [5.41, 5.74) is 1.91. The van der Waals surface area contributed by atoms with Crippen LogP contribution in [-0.2, 0) is 6.42 Å². The lowest BCUT2D eigenvalue weighted by Gasteiger charge is -2.22. The predicted octanol–water partition coefficient (Wildman–Crippen LogP) is 2.65. The van der Waals surface area contributed by atoms with Crippen LogP contribution in [0.5, 0.6) is 0 Å². The van der Waals surface area contributed by atoms with E-state index in [2.05, 4.69) is 20.3 Å². The van der Waals surface area contributed by atoms with Crippen LogP contribution in [-0.4, -0.2) is 56.6 Å². The van der Waals surface area contributed by atoms with E-state index in [4.69, 9.17) is 0 Å². The Morgan fingerprint density at radius 3 is 3.04 bits per heavy atom. The number of carbonyl (C=O) groups is 1. The van der Waals surface area contributed by atoms with Crippen molar-refractivity contribution in [2.45, 2.75) is 32.2 Å². The highest BCUT2D eigenvalue weighted by atomic mass is 32.1.